The second kappa shape index (κ2) is 11.4. The Hall–Kier alpha value is -2.05. The van der Waals surface area contributed by atoms with Gasteiger partial charge in [-0.3, -0.25) is 4.55 Å². The van der Waals surface area contributed by atoms with Crippen LogP contribution in [0.5, 0.6) is 5.75 Å². The van der Waals surface area contributed by atoms with Gasteiger partial charge in [0.15, 0.2) is 0 Å². The average molecular weight is 604 g/mol. The van der Waals surface area contributed by atoms with E-state index < -0.39 is 10.1 Å². The Labute approximate surface area is 192 Å². The van der Waals surface area contributed by atoms with Crippen LogP contribution in [0.4, 0.5) is 5.69 Å². The van der Waals surface area contributed by atoms with E-state index in [4.69, 9.17) is 14.3 Å². The third-order valence-corrected chi connectivity index (χ3v) is 4.38. The first-order chi connectivity index (χ1) is 13.3. The molecule has 1 aliphatic rings. The van der Waals surface area contributed by atoms with Gasteiger partial charge < -0.3 is 17.2 Å². The minimum absolute atomic E-state index is 0. The van der Waals surface area contributed by atoms with Gasteiger partial charge in [0.25, 0.3) is 10.1 Å². The predicted molar refractivity (Wildman–Crippen MR) is 119 cm³/mol. The summed E-state index contributed by atoms with van der Waals surface area (Å²) >= 11 is 0. The molecule has 4 rings (SSSR count). The maximum absolute atomic E-state index is 9.19. The SMILES string of the molecule is COc1c[c-]c2c(c1)CCCC2=Nc1ccc2ccccc2c1.CS(=O)(=O)O.[CH3-].[Ir]. The molecule has 1 N–H and O–H groups in total. The van der Waals surface area contributed by atoms with E-state index in [1.165, 1.54) is 16.3 Å². The zero-order valence-corrected chi connectivity index (χ0v) is 20.4. The first kappa shape index (κ1) is 26.0. The first-order valence-corrected chi connectivity index (χ1v) is 10.8. The van der Waals surface area contributed by atoms with Gasteiger partial charge in [0, 0.05) is 25.9 Å². The Balaban J connectivity index is 0.000000581. The summed E-state index contributed by atoms with van der Waals surface area (Å²) in [4.78, 5) is 4.91. The fourth-order valence-electron chi connectivity index (χ4n) is 3.19. The van der Waals surface area contributed by atoms with Crippen LogP contribution in [0, 0.1) is 13.5 Å². The monoisotopic (exact) mass is 604 g/mol. The molecule has 3 aromatic carbocycles. The second-order valence-corrected chi connectivity index (χ2v) is 8.08. The molecule has 0 heterocycles. The Morgan fingerprint density at radius 1 is 1.07 bits per heavy atom. The zero-order valence-electron chi connectivity index (χ0n) is 17.2. The van der Waals surface area contributed by atoms with Gasteiger partial charge in [-0.25, -0.2) is 0 Å². The maximum atomic E-state index is 9.19. The molecule has 0 amide bonds. The number of hydrogen-bond donors (Lipinski definition) is 1. The molecule has 0 spiro atoms. The van der Waals surface area contributed by atoms with Crippen LogP contribution in [-0.4, -0.2) is 32.0 Å². The third-order valence-electron chi connectivity index (χ3n) is 4.38. The molecule has 1 aliphatic carbocycles. The van der Waals surface area contributed by atoms with Crippen LogP contribution in [0.2, 0.25) is 0 Å². The number of aliphatic imine (C=N–C) groups is 1. The van der Waals surface area contributed by atoms with Crippen molar-refractivity contribution in [3.05, 3.63) is 79.2 Å². The van der Waals surface area contributed by atoms with Crippen molar-refractivity contribution in [3.63, 3.8) is 0 Å². The maximum Gasteiger partial charge on any atom is 0.261 e. The summed E-state index contributed by atoms with van der Waals surface area (Å²) in [5.41, 5.74) is 4.57. The molecular formula is C23H25IrNO4S-2. The number of methoxy groups -OCH3 is 1. The summed E-state index contributed by atoms with van der Waals surface area (Å²) in [5.74, 6) is 0.871. The van der Waals surface area contributed by atoms with Gasteiger partial charge in [-0.2, -0.15) is 8.42 Å². The van der Waals surface area contributed by atoms with E-state index in [1.54, 1.807) is 7.11 Å². The number of benzene rings is 3. The normalized spacial score (nSPS) is 13.9. The van der Waals surface area contributed by atoms with Gasteiger partial charge in [-0.05, 0) is 35.0 Å². The smallest absolute Gasteiger partial charge is 0.261 e. The molecule has 0 saturated heterocycles. The van der Waals surface area contributed by atoms with E-state index in [1.807, 2.05) is 6.07 Å². The fraction of sp³-hybridized carbons (Fsp3) is 0.217. The van der Waals surface area contributed by atoms with Crippen LogP contribution < -0.4 is 4.74 Å². The summed E-state index contributed by atoms with van der Waals surface area (Å²) in [6.45, 7) is 0. The van der Waals surface area contributed by atoms with Crippen molar-refractivity contribution >= 4 is 32.3 Å². The van der Waals surface area contributed by atoms with Crippen molar-refractivity contribution in [1.29, 1.82) is 0 Å². The van der Waals surface area contributed by atoms with Gasteiger partial charge in [0.2, 0.25) is 0 Å². The molecule has 0 unspecified atom stereocenters. The molecule has 0 atom stereocenters. The summed E-state index contributed by atoms with van der Waals surface area (Å²) in [6, 6.07) is 22.1. The minimum Gasteiger partial charge on any atom is -0.540 e. The van der Waals surface area contributed by atoms with E-state index in [9.17, 15) is 8.42 Å². The van der Waals surface area contributed by atoms with Crippen molar-refractivity contribution < 1.29 is 37.8 Å². The van der Waals surface area contributed by atoms with E-state index in [0.29, 0.717) is 6.26 Å². The molecular weight excluding hydrogens is 579 g/mol. The summed E-state index contributed by atoms with van der Waals surface area (Å²) < 4.78 is 31.2. The molecule has 7 heteroatoms. The topological polar surface area (TPSA) is 76.0 Å². The van der Waals surface area contributed by atoms with Crippen LogP contribution in [0.3, 0.4) is 0 Å². The molecule has 0 aromatic heterocycles. The van der Waals surface area contributed by atoms with Crippen molar-refractivity contribution in [1.82, 2.24) is 0 Å². The largest absolute Gasteiger partial charge is 0.540 e. The number of ether oxygens (including phenoxy) is 1. The molecule has 30 heavy (non-hydrogen) atoms. The molecule has 0 fully saturated rings. The van der Waals surface area contributed by atoms with Crippen LogP contribution >= 0.6 is 0 Å². The molecule has 0 bridgehead atoms. The van der Waals surface area contributed by atoms with Gasteiger partial charge in [0.05, 0.1) is 19.1 Å². The van der Waals surface area contributed by atoms with Crippen molar-refractivity contribution in [2.75, 3.05) is 13.4 Å². The summed E-state index contributed by atoms with van der Waals surface area (Å²) in [7, 11) is -1.97. The van der Waals surface area contributed by atoms with Crippen LogP contribution in [-0.2, 0) is 36.6 Å². The van der Waals surface area contributed by atoms with Crippen molar-refractivity contribution in [2.45, 2.75) is 19.3 Å². The Morgan fingerprint density at radius 3 is 2.40 bits per heavy atom. The predicted octanol–water partition coefficient (Wildman–Crippen LogP) is 5.06. The number of aryl methyl sites for hydroxylation is 1. The number of nitrogens with zero attached hydrogens (tertiary/aromatic N) is 1. The van der Waals surface area contributed by atoms with E-state index in [2.05, 4.69) is 54.6 Å². The van der Waals surface area contributed by atoms with Crippen LogP contribution in [0.25, 0.3) is 10.8 Å². The Bertz CT molecular complexity index is 1120. The molecule has 3 aromatic rings. The van der Waals surface area contributed by atoms with Gasteiger partial charge >= 0.3 is 0 Å². The number of hydrogen-bond acceptors (Lipinski definition) is 4. The minimum atomic E-state index is -3.67. The van der Waals surface area contributed by atoms with Gasteiger partial charge in [-0.1, -0.05) is 43.2 Å². The van der Waals surface area contributed by atoms with Gasteiger partial charge in [0.1, 0.15) is 0 Å². The molecule has 163 valence electrons. The summed E-state index contributed by atoms with van der Waals surface area (Å²) in [6.07, 6.45) is 3.91. The Morgan fingerprint density at radius 2 is 1.73 bits per heavy atom. The van der Waals surface area contributed by atoms with Crippen molar-refractivity contribution in [3.8, 4) is 5.75 Å². The van der Waals surface area contributed by atoms with Crippen molar-refractivity contribution in [2.24, 2.45) is 4.99 Å². The first-order valence-electron chi connectivity index (χ1n) is 8.91. The van der Waals surface area contributed by atoms with E-state index in [0.717, 1.165) is 42.0 Å². The number of fused-ring (bicyclic) bond motifs is 2. The molecule has 0 aliphatic heterocycles. The Kier molecular flexibility index (Phi) is 9.85. The zero-order chi connectivity index (χ0) is 20.1. The van der Waals surface area contributed by atoms with Gasteiger partial charge in [-0.15, -0.1) is 29.3 Å². The van der Waals surface area contributed by atoms with Crippen LogP contribution in [0.15, 0.2) is 59.6 Å². The second-order valence-electron chi connectivity index (χ2n) is 6.62. The molecule has 0 saturated carbocycles. The number of rotatable bonds is 2. The van der Waals surface area contributed by atoms with Crippen LogP contribution in [0.1, 0.15) is 24.0 Å². The fourth-order valence-corrected chi connectivity index (χ4v) is 3.19. The van der Waals surface area contributed by atoms with E-state index in [-0.39, 0.29) is 27.5 Å². The van der Waals surface area contributed by atoms with E-state index >= 15 is 0 Å². The third kappa shape index (κ3) is 7.33. The quantitative estimate of drug-likeness (QED) is 0.329. The summed E-state index contributed by atoms with van der Waals surface area (Å²) in [5, 5.41) is 2.47. The molecule has 1 radical (unpaired) electrons. The average Bonchev–Trinajstić information content (AvgIpc) is 2.66. The standard InChI is InChI=1S/C21H18NO.CH4O3S.CH3.Ir/c1-23-19-11-12-20-17(14-19)7-4-8-21(20)22-18-10-9-15-5-2-3-6-16(15)13-18;1-5(2,3)4;;/h2-3,5-6,9-11,13-14H,4,7-8H2,1H3;1H3,(H,2,3,4);1H3;/q-1;;-1;. The molecule has 5 nitrogen and oxygen atoms in total.